The minimum Gasteiger partial charge on any atom is -0.459 e. The molecule has 1 aliphatic heterocycles. The molecule has 0 unspecified atom stereocenters. The largest absolute Gasteiger partial charge is 0.459 e. The Bertz CT molecular complexity index is 505. The van der Waals surface area contributed by atoms with E-state index in [0.29, 0.717) is 24.8 Å². The van der Waals surface area contributed by atoms with Gasteiger partial charge in [0, 0.05) is 25.6 Å². The quantitative estimate of drug-likeness (QED) is 0.792. The molecule has 2 rings (SSSR count). The number of hydrogen-bond acceptors (Lipinski definition) is 3. The van der Waals surface area contributed by atoms with Gasteiger partial charge in [-0.2, -0.15) is 0 Å². The highest BCUT2D eigenvalue weighted by Crippen LogP contribution is 2.20. The third-order valence-electron chi connectivity index (χ3n) is 4.99. The van der Waals surface area contributed by atoms with Crippen LogP contribution in [0.1, 0.15) is 62.9 Å². The average molecular weight is 334 g/mol. The highest BCUT2D eigenvalue weighted by Gasteiger charge is 2.28. The molecule has 1 saturated heterocycles. The van der Waals surface area contributed by atoms with E-state index in [9.17, 15) is 9.59 Å². The number of carbonyl (C=O) groups excluding carboxylic acids is 2. The minimum absolute atomic E-state index is 0.0225. The molecular weight excluding hydrogens is 304 g/mol. The van der Waals surface area contributed by atoms with Crippen molar-refractivity contribution in [3.05, 3.63) is 24.2 Å². The summed E-state index contributed by atoms with van der Waals surface area (Å²) in [4.78, 5) is 26.4. The third-order valence-corrected chi connectivity index (χ3v) is 4.99. The molecule has 0 radical (unpaired) electrons. The van der Waals surface area contributed by atoms with Crippen LogP contribution in [0.4, 0.5) is 0 Å². The van der Waals surface area contributed by atoms with Gasteiger partial charge in [-0.1, -0.05) is 33.1 Å². The van der Waals surface area contributed by atoms with E-state index in [1.54, 1.807) is 17.0 Å². The van der Waals surface area contributed by atoms with Gasteiger partial charge in [-0.15, -0.1) is 0 Å². The van der Waals surface area contributed by atoms with Crippen LogP contribution in [0, 0.1) is 11.8 Å². The Kier molecular flexibility index (Phi) is 7.35. The topological polar surface area (TPSA) is 62.6 Å². The van der Waals surface area contributed by atoms with Gasteiger partial charge in [0.25, 0.3) is 5.91 Å². The maximum atomic E-state index is 12.4. The number of unbranched alkanes of at least 4 members (excludes halogenated alkanes) is 1. The predicted octanol–water partition coefficient (Wildman–Crippen LogP) is 3.46. The summed E-state index contributed by atoms with van der Waals surface area (Å²) in [6.07, 6.45) is 7.68. The van der Waals surface area contributed by atoms with Crippen molar-refractivity contribution in [3.63, 3.8) is 0 Å². The highest BCUT2D eigenvalue weighted by atomic mass is 16.3. The fourth-order valence-corrected chi connectivity index (χ4v) is 3.23. The van der Waals surface area contributed by atoms with E-state index in [1.807, 2.05) is 0 Å². The summed E-state index contributed by atoms with van der Waals surface area (Å²) >= 11 is 0. The summed E-state index contributed by atoms with van der Waals surface area (Å²) in [5.74, 6) is 1.04. The van der Waals surface area contributed by atoms with Crippen LogP contribution in [-0.2, 0) is 4.79 Å². The lowest BCUT2D eigenvalue weighted by molar-refractivity contribution is -0.126. The molecule has 0 saturated carbocycles. The van der Waals surface area contributed by atoms with Crippen molar-refractivity contribution in [2.24, 2.45) is 11.8 Å². The van der Waals surface area contributed by atoms with Crippen molar-refractivity contribution < 1.29 is 14.0 Å². The summed E-state index contributed by atoms with van der Waals surface area (Å²) in [6.45, 7) is 6.39. The van der Waals surface area contributed by atoms with Crippen molar-refractivity contribution in [1.82, 2.24) is 10.2 Å². The number of nitrogens with one attached hydrogen (secondary N) is 1. The van der Waals surface area contributed by atoms with Crippen molar-refractivity contribution in [3.8, 4) is 0 Å². The number of furan rings is 1. The second-order valence-electron chi connectivity index (χ2n) is 6.71. The number of piperidine rings is 1. The second-order valence-corrected chi connectivity index (χ2v) is 6.71. The molecule has 1 N–H and O–H groups in total. The van der Waals surface area contributed by atoms with Crippen molar-refractivity contribution in [2.45, 2.75) is 52.4 Å². The number of hydrogen-bond donors (Lipinski definition) is 1. The molecule has 0 spiro atoms. The van der Waals surface area contributed by atoms with E-state index < -0.39 is 0 Å². The van der Waals surface area contributed by atoms with Gasteiger partial charge >= 0.3 is 0 Å². The smallest absolute Gasteiger partial charge is 0.289 e. The molecule has 1 aromatic rings. The molecule has 134 valence electrons. The van der Waals surface area contributed by atoms with Crippen LogP contribution in [0.5, 0.6) is 0 Å². The van der Waals surface area contributed by atoms with Crippen LogP contribution < -0.4 is 5.32 Å². The summed E-state index contributed by atoms with van der Waals surface area (Å²) < 4.78 is 5.16. The zero-order chi connectivity index (χ0) is 17.4. The van der Waals surface area contributed by atoms with Crippen LogP contribution in [0.2, 0.25) is 0 Å². The molecule has 0 aliphatic carbocycles. The Morgan fingerprint density at radius 3 is 2.67 bits per heavy atom. The Morgan fingerprint density at radius 1 is 1.33 bits per heavy atom. The molecule has 0 bridgehead atoms. The molecule has 1 aromatic heterocycles. The lowest BCUT2D eigenvalue weighted by Crippen LogP contribution is -2.43. The van der Waals surface area contributed by atoms with Gasteiger partial charge in [0.15, 0.2) is 5.76 Å². The first-order chi connectivity index (χ1) is 11.7. The molecule has 0 aromatic carbocycles. The second kappa shape index (κ2) is 9.50. The molecule has 1 aliphatic rings. The normalized spacial score (nSPS) is 16.8. The number of amides is 2. The van der Waals surface area contributed by atoms with Gasteiger partial charge < -0.3 is 14.6 Å². The van der Waals surface area contributed by atoms with E-state index in [1.165, 1.54) is 25.5 Å². The predicted molar refractivity (Wildman–Crippen MR) is 93.7 cm³/mol. The van der Waals surface area contributed by atoms with Gasteiger partial charge in [-0.05, 0) is 37.3 Å². The van der Waals surface area contributed by atoms with Crippen LogP contribution in [0.3, 0.4) is 0 Å². The standard InChI is InChI=1S/C19H30N2O3/c1-3-5-7-15(4-2)14-20-18(22)16-9-11-21(12-10-16)19(23)17-8-6-13-24-17/h6,8,13,15-16H,3-5,7,9-12,14H2,1-2H3,(H,20,22)/t15-/m0/s1. The SMILES string of the molecule is CCCC[C@H](CC)CNC(=O)C1CCN(C(=O)c2ccco2)CC1. The molecule has 1 atom stereocenters. The monoisotopic (exact) mass is 334 g/mol. The third kappa shape index (κ3) is 5.11. The van der Waals surface area contributed by atoms with Crippen molar-refractivity contribution >= 4 is 11.8 Å². The zero-order valence-corrected chi connectivity index (χ0v) is 14.9. The van der Waals surface area contributed by atoms with Gasteiger partial charge in [-0.3, -0.25) is 9.59 Å². The number of carbonyl (C=O) groups is 2. The minimum atomic E-state index is -0.0792. The molecule has 2 amide bonds. The van der Waals surface area contributed by atoms with Crippen molar-refractivity contribution in [2.75, 3.05) is 19.6 Å². The van der Waals surface area contributed by atoms with E-state index in [2.05, 4.69) is 19.2 Å². The van der Waals surface area contributed by atoms with Crippen LogP contribution in [-0.4, -0.2) is 36.3 Å². The molecule has 5 heteroatoms. The first-order valence-corrected chi connectivity index (χ1v) is 9.26. The van der Waals surface area contributed by atoms with Gasteiger partial charge in [0.05, 0.1) is 6.26 Å². The van der Waals surface area contributed by atoms with Crippen LogP contribution in [0.25, 0.3) is 0 Å². The van der Waals surface area contributed by atoms with Gasteiger partial charge in [0.1, 0.15) is 0 Å². The molecule has 2 heterocycles. The van der Waals surface area contributed by atoms with Crippen LogP contribution in [0.15, 0.2) is 22.8 Å². The van der Waals surface area contributed by atoms with Crippen LogP contribution >= 0.6 is 0 Å². The number of likely N-dealkylation sites (tertiary alicyclic amines) is 1. The molecule has 5 nitrogen and oxygen atoms in total. The fourth-order valence-electron chi connectivity index (χ4n) is 3.23. The first-order valence-electron chi connectivity index (χ1n) is 9.26. The number of nitrogens with zero attached hydrogens (tertiary/aromatic N) is 1. The Hall–Kier alpha value is -1.78. The van der Waals surface area contributed by atoms with Crippen molar-refractivity contribution in [1.29, 1.82) is 0 Å². The molecular formula is C19H30N2O3. The lowest BCUT2D eigenvalue weighted by atomic mass is 9.94. The summed E-state index contributed by atoms with van der Waals surface area (Å²) in [7, 11) is 0. The molecule has 24 heavy (non-hydrogen) atoms. The van der Waals surface area contributed by atoms with E-state index in [-0.39, 0.29) is 17.7 Å². The highest BCUT2D eigenvalue weighted by molar-refractivity contribution is 5.91. The number of rotatable bonds is 8. The molecule has 1 fully saturated rings. The Labute approximate surface area is 144 Å². The maximum Gasteiger partial charge on any atom is 0.289 e. The lowest BCUT2D eigenvalue weighted by Gasteiger charge is -2.31. The summed E-state index contributed by atoms with van der Waals surface area (Å²) in [5, 5.41) is 3.12. The summed E-state index contributed by atoms with van der Waals surface area (Å²) in [6, 6.07) is 3.40. The zero-order valence-electron chi connectivity index (χ0n) is 14.9. The van der Waals surface area contributed by atoms with E-state index in [4.69, 9.17) is 4.42 Å². The van der Waals surface area contributed by atoms with Gasteiger partial charge in [0.2, 0.25) is 5.91 Å². The average Bonchev–Trinajstić information content (AvgIpc) is 3.16. The maximum absolute atomic E-state index is 12.4. The van der Waals surface area contributed by atoms with Gasteiger partial charge in [-0.25, -0.2) is 0 Å². The van der Waals surface area contributed by atoms with E-state index in [0.717, 1.165) is 25.8 Å². The summed E-state index contributed by atoms with van der Waals surface area (Å²) in [5.41, 5.74) is 0. The first kappa shape index (κ1) is 18.6. The Balaban J connectivity index is 1.73. The Morgan fingerprint density at radius 2 is 2.08 bits per heavy atom. The van der Waals surface area contributed by atoms with E-state index >= 15 is 0 Å². The fraction of sp³-hybridized carbons (Fsp3) is 0.684.